The van der Waals surface area contributed by atoms with E-state index in [0.717, 1.165) is 24.0 Å². The van der Waals surface area contributed by atoms with Crippen LogP contribution in [0.1, 0.15) is 26.0 Å². The fourth-order valence-electron chi connectivity index (χ4n) is 1.28. The van der Waals surface area contributed by atoms with Crippen LogP contribution in [0.15, 0.2) is 6.07 Å². The van der Waals surface area contributed by atoms with Gasteiger partial charge >= 0.3 is 0 Å². The van der Waals surface area contributed by atoms with Gasteiger partial charge in [0.2, 0.25) is 0 Å². The van der Waals surface area contributed by atoms with Crippen molar-refractivity contribution in [2.75, 3.05) is 0 Å². The van der Waals surface area contributed by atoms with Gasteiger partial charge in [0.25, 0.3) is 0 Å². The predicted octanol–water partition coefficient (Wildman–Crippen LogP) is 4.74. The molecule has 0 fully saturated rings. The van der Waals surface area contributed by atoms with E-state index in [9.17, 15) is 0 Å². The molecular formula is C10H14BrCl2N. The van der Waals surface area contributed by atoms with Crippen molar-refractivity contribution in [3.63, 3.8) is 0 Å². The van der Waals surface area contributed by atoms with Gasteiger partial charge in [-0.1, -0.05) is 53.0 Å². The molecular weight excluding hydrogens is 285 g/mol. The molecule has 80 valence electrons. The van der Waals surface area contributed by atoms with E-state index in [1.165, 1.54) is 0 Å². The lowest BCUT2D eigenvalue weighted by Crippen LogP contribution is -2.04. The Balaban J connectivity index is 2.82. The summed E-state index contributed by atoms with van der Waals surface area (Å²) in [6.45, 7) is 5.34. The molecule has 0 aliphatic heterocycles. The molecule has 0 aliphatic rings. The minimum Gasteiger partial charge on any atom is -0.334 e. The summed E-state index contributed by atoms with van der Waals surface area (Å²) >= 11 is 15.5. The van der Waals surface area contributed by atoms with E-state index in [2.05, 4.69) is 34.3 Å². The van der Waals surface area contributed by atoms with Crippen molar-refractivity contribution >= 4 is 39.1 Å². The molecule has 0 saturated heterocycles. The Morgan fingerprint density at radius 2 is 2.07 bits per heavy atom. The minimum atomic E-state index is 0.643. The lowest BCUT2D eigenvalue weighted by atomic mass is 10.1. The third kappa shape index (κ3) is 2.91. The van der Waals surface area contributed by atoms with E-state index in [1.807, 2.05) is 6.07 Å². The molecule has 14 heavy (non-hydrogen) atoms. The minimum absolute atomic E-state index is 0.643. The number of halogens is 3. The SMILES string of the molecule is CC(C)CCn1c(CBr)cc(Cl)c1Cl. The number of aromatic nitrogens is 1. The molecule has 0 atom stereocenters. The largest absolute Gasteiger partial charge is 0.334 e. The van der Waals surface area contributed by atoms with Crippen LogP contribution in [0.4, 0.5) is 0 Å². The zero-order chi connectivity index (χ0) is 10.7. The van der Waals surface area contributed by atoms with Crippen LogP contribution in [0, 0.1) is 5.92 Å². The van der Waals surface area contributed by atoms with E-state index < -0.39 is 0 Å². The molecule has 1 aromatic rings. The highest BCUT2D eigenvalue weighted by Gasteiger charge is 2.11. The Kier molecular flexibility index (Phi) is 4.81. The highest BCUT2D eigenvalue weighted by Crippen LogP contribution is 2.28. The lowest BCUT2D eigenvalue weighted by molar-refractivity contribution is 0.512. The standard InChI is InChI=1S/C10H14BrCl2N/c1-7(2)3-4-14-8(6-11)5-9(12)10(14)13/h5,7H,3-4,6H2,1-2H3. The Hall–Kier alpha value is 0.340. The summed E-state index contributed by atoms with van der Waals surface area (Å²) in [7, 11) is 0. The second kappa shape index (κ2) is 5.43. The average Bonchev–Trinajstić information content (AvgIpc) is 2.40. The molecule has 1 rings (SSSR count). The molecule has 0 amide bonds. The van der Waals surface area contributed by atoms with E-state index in [4.69, 9.17) is 23.2 Å². The molecule has 1 heterocycles. The summed E-state index contributed by atoms with van der Waals surface area (Å²) in [5.41, 5.74) is 1.14. The Morgan fingerprint density at radius 3 is 2.57 bits per heavy atom. The lowest BCUT2D eigenvalue weighted by Gasteiger charge is -2.10. The summed E-state index contributed by atoms with van der Waals surface area (Å²) in [6, 6.07) is 1.92. The second-order valence-electron chi connectivity index (χ2n) is 3.74. The van der Waals surface area contributed by atoms with Gasteiger partial charge in [-0.15, -0.1) is 0 Å². The van der Waals surface area contributed by atoms with Crippen molar-refractivity contribution in [1.82, 2.24) is 4.57 Å². The number of nitrogens with zero attached hydrogens (tertiary/aromatic N) is 1. The zero-order valence-electron chi connectivity index (χ0n) is 8.36. The van der Waals surface area contributed by atoms with Crippen LogP contribution in [0.3, 0.4) is 0 Å². The van der Waals surface area contributed by atoms with E-state index in [-0.39, 0.29) is 0 Å². The number of alkyl halides is 1. The maximum atomic E-state index is 6.09. The van der Waals surface area contributed by atoms with Gasteiger partial charge in [0.1, 0.15) is 5.15 Å². The van der Waals surface area contributed by atoms with Crippen molar-refractivity contribution in [1.29, 1.82) is 0 Å². The number of hydrogen-bond acceptors (Lipinski definition) is 0. The smallest absolute Gasteiger partial charge is 0.128 e. The van der Waals surface area contributed by atoms with Crippen molar-refractivity contribution in [2.45, 2.75) is 32.1 Å². The zero-order valence-corrected chi connectivity index (χ0v) is 11.5. The first-order valence-corrected chi connectivity index (χ1v) is 6.53. The summed E-state index contributed by atoms with van der Waals surface area (Å²) < 4.78 is 2.07. The molecule has 0 unspecified atom stereocenters. The van der Waals surface area contributed by atoms with E-state index >= 15 is 0 Å². The average molecular weight is 299 g/mol. The van der Waals surface area contributed by atoms with Crippen molar-refractivity contribution in [2.24, 2.45) is 5.92 Å². The van der Waals surface area contributed by atoms with Crippen LogP contribution in [-0.2, 0) is 11.9 Å². The van der Waals surface area contributed by atoms with Gasteiger partial charge in [-0.2, -0.15) is 0 Å². The second-order valence-corrected chi connectivity index (χ2v) is 5.07. The van der Waals surface area contributed by atoms with Crippen LogP contribution in [0.25, 0.3) is 0 Å². The predicted molar refractivity (Wildman–Crippen MR) is 66.5 cm³/mol. The Labute approximate surface area is 104 Å². The third-order valence-corrected chi connectivity index (χ3v) is 3.51. The fraction of sp³-hybridized carbons (Fsp3) is 0.600. The van der Waals surface area contributed by atoms with Gasteiger partial charge in [0.15, 0.2) is 0 Å². The molecule has 0 saturated carbocycles. The molecule has 0 aromatic carbocycles. The van der Waals surface area contributed by atoms with E-state index in [1.54, 1.807) is 0 Å². The maximum absolute atomic E-state index is 6.09. The Morgan fingerprint density at radius 1 is 1.43 bits per heavy atom. The van der Waals surface area contributed by atoms with Gasteiger partial charge in [-0.3, -0.25) is 0 Å². The van der Waals surface area contributed by atoms with Gasteiger partial charge in [-0.05, 0) is 18.4 Å². The molecule has 0 N–H and O–H groups in total. The topological polar surface area (TPSA) is 4.93 Å². The van der Waals surface area contributed by atoms with E-state index in [0.29, 0.717) is 16.1 Å². The first-order valence-electron chi connectivity index (χ1n) is 4.65. The monoisotopic (exact) mass is 297 g/mol. The van der Waals surface area contributed by atoms with Crippen LogP contribution < -0.4 is 0 Å². The van der Waals surface area contributed by atoms with Crippen molar-refractivity contribution < 1.29 is 0 Å². The molecule has 0 radical (unpaired) electrons. The summed E-state index contributed by atoms with van der Waals surface area (Å²) in [5.74, 6) is 0.676. The highest BCUT2D eigenvalue weighted by atomic mass is 79.9. The summed E-state index contributed by atoms with van der Waals surface area (Å²) in [6.07, 6.45) is 1.12. The number of hydrogen-bond donors (Lipinski definition) is 0. The van der Waals surface area contributed by atoms with Crippen LogP contribution in [0.2, 0.25) is 10.2 Å². The molecule has 1 aromatic heterocycles. The van der Waals surface area contributed by atoms with Crippen LogP contribution in [0.5, 0.6) is 0 Å². The summed E-state index contributed by atoms with van der Waals surface area (Å²) in [4.78, 5) is 0. The fourth-order valence-corrected chi connectivity index (χ4v) is 2.22. The molecule has 4 heteroatoms. The van der Waals surface area contributed by atoms with Crippen LogP contribution >= 0.6 is 39.1 Å². The first kappa shape index (κ1) is 12.4. The molecule has 0 bridgehead atoms. The van der Waals surface area contributed by atoms with Gasteiger partial charge in [-0.25, -0.2) is 0 Å². The number of rotatable bonds is 4. The molecule has 1 nitrogen and oxygen atoms in total. The quantitative estimate of drug-likeness (QED) is 0.708. The maximum Gasteiger partial charge on any atom is 0.128 e. The van der Waals surface area contributed by atoms with Gasteiger partial charge in [0.05, 0.1) is 5.02 Å². The molecule has 0 spiro atoms. The van der Waals surface area contributed by atoms with Crippen molar-refractivity contribution in [3.05, 3.63) is 21.9 Å². The van der Waals surface area contributed by atoms with Crippen molar-refractivity contribution in [3.8, 4) is 0 Å². The summed E-state index contributed by atoms with van der Waals surface area (Å²) in [5, 5.41) is 2.09. The molecule has 0 aliphatic carbocycles. The van der Waals surface area contributed by atoms with Crippen LogP contribution in [-0.4, -0.2) is 4.57 Å². The Bertz CT molecular complexity index is 307. The van der Waals surface area contributed by atoms with Gasteiger partial charge in [0, 0.05) is 17.6 Å². The first-order chi connectivity index (χ1) is 6.56. The van der Waals surface area contributed by atoms with Gasteiger partial charge < -0.3 is 4.57 Å². The third-order valence-electron chi connectivity index (χ3n) is 2.14. The normalized spacial score (nSPS) is 11.3. The highest BCUT2D eigenvalue weighted by molar-refractivity contribution is 9.08.